The molecule has 4 nitrogen and oxygen atoms in total. The first-order chi connectivity index (χ1) is 15.5. The largest absolute Gasteiger partial charge is 0.444 e. The van der Waals surface area contributed by atoms with Crippen LogP contribution >= 0.6 is 48.0 Å². The Morgan fingerprint density at radius 2 is 1.42 bits per heavy atom. The van der Waals surface area contributed by atoms with Crippen molar-refractivity contribution in [2.24, 2.45) is 0 Å². The molecule has 204 valence electrons. The van der Waals surface area contributed by atoms with E-state index in [-0.39, 0.29) is 44.8 Å². The molecule has 36 heavy (non-hydrogen) atoms. The molecule has 2 unspecified atom stereocenters. The van der Waals surface area contributed by atoms with Crippen LogP contribution in [0.15, 0.2) is 48.5 Å². The third-order valence-electron chi connectivity index (χ3n) is 5.56. The fourth-order valence-electron chi connectivity index (χ4n) is 3.58. The predicted octanol–water partition coefficient (Wildman–Crippen LogP) is 7.51. The number of nitrogens with zero attached hydrogens (tertiary/aromatic N) is 1. The maximum Gasteiger partial charge on any atom is 0.410 e. The minimum atomic E-state index is -1.00. The van der Waals surface area contributed by atoms with Crippen molar-refractivity contribution in [3.63, 3.8) is 0 Å². The van der Waals surface area contributed by atoms with Crippen molar-refractivity contribution in [2.75, 3.05) is 13.1 Å². The lowest BCUT2D eigenvalue weighted by atomic mass is 9.94. The first kappa shape index (κ1) is 34.7. The molecule has 0 aromatic heterocycles. The van der Waals surface area contributed by atoms with Crippen molar-refractivity contribution < 1.29 is 18.3 Å². The molecule has 2 aliphatic heterocycles. The molecule has 2 aromatic rings. The number of halogens is 6. The van der Waals surface area contributed by atoms with E-state index < -0.39 is 30.1 Å². The zero-order chi connectivity index (χ0) is 24.2. The Morgan fingerprint density at radius 3 is 1.78 bits per heavy atom. The number of nitrogens with one attached hydrogen (secondary N) is 1. The lowest BCUT2D eigenvalue weighted by Gasteiger charge is -2.44. The highest BCUT2D eigenvalue weighted by atomic mass is 35.5. The lowest BCUT2D eigenvalue weighted by Crippen LogP contribution is -2.62. The maximum atomic E-state index is 13.7. The smallest absolute Gasteiger partial charge is 0.410 e. The second-order valence-corrected chi connectivity index (χ2v) is 10.3. The number of hydrogen-bond acceptors (Lipinski definition) is 3. The highest BCUT2D eigenvalue weighted by Crippen LogP contribution is 2.27. The van der Waals surface area contributed by atoms with Crippen LogP contribution < -0.4 is 5.32 Å². The number of ether oxygens (including phenoxy) is 1. The summed E-state index contributed by atoms with van der Waals surface area (Å²) < 4.78 is 31.8. The van der Waals surface area contributed by atoms with Gasteiger partial charge in [0.25, 0.3) is 0 Å². The quantitative estimate of drug-likeness (QED) is 0.402. The molecule has 2 fully saturated rings. The average Bonchev–Trinajstić information content (AvgIpc) is 2.74. The highest BCUT2D eigenvalue weighted by Gasteiger charge is 2.44. The van der Waals surface area contributed by atoms with E-state index in [1.165, 1.54) is 4.90 Å². The van der Waals surface area contributed by atoms with Gasteiger partial charge in [0, 0.05) is 22.6 Å². The molecule has 2 saturated heterocycles. The number of hydrogen-bond donors (Lipinski definition) is 1. The van der Waals surface area contributed by atoms with E-state index in [0.717, 1.165) is 22.6 Å². The van der Waals surface area contributed by atoms with Gasteiger partial charge in [-0.1, -0.05) is 54.9 Å². The van der Waals surface area contributed by atoms with E-state index in [1.807, 2.05) is 36.4 Å². The van der Waals surface area contributed by atoms with Gasteiger partial charge < -0.3 is 10.1 Å². The van der Waals surface area contributed by atoms with Gasteiger partial charge >= 0.3 is 6.09 Å². The Bertz CT molecular complexity index is 927. The van der Waals surface area contributed by atoms with Gasteiger partial charge in [0.1, 0.15) is 17.9 Å². The summed E-state index contributed by atoms with van der Waals surface area (Å²) in [5.74, 6) is 0. The Morgan fingerprint density at radius 1 is 0.944 bits per heavy atom. The zero-order valence-corrected chi connectivity index (χ0v) is 23.0. The lowest BCUT2D eigenvalue weighted by molar-refractivity contribution is -0.0398. The van der Waals surface area contributed by atoms with E-state index >= 15 is 0 Å². The van der Waals surface area contributed by atoms with Gasteiger partial charge in [-0.05, 0) is 69.0 Å². The SMILES string of the molecule is C.CC(C)(C)OC(=O)N1C[C@@H](F)C1Cc1ccc(Cl)cc1.Cl.Cl.F[C@@H]1CNC1Cc1ccc(Cl)cc1. The van der Waals surface area contributed by atoms with Crippen molar-refractivity contribution in [3.05, 3.63) is 69.7 Å². The normalized spacial score (nSPS) is 22.1. The topological polar surface area (TPSA) is 41.6 Å². The summed E-state index contributed by atoms with van der Waals surface area (Å²) in [6.45, 7) is 5.99. The molecule has 0 radical (unpaired) electrons. The molecule has 2 aromatic carbocycles. The van der Waals surface area contributed by atoms with E-state index in [0.29, 0.717) is 18.0 Å². The van der Waals surface area contributed by atoms with Gasteiger partial charge in [-0.2, -0.15) is 0 Å². The summed E-state index contributed by atoms with van der Waals surface area (Å²) in [5, 5.41) is 4.42. The van der Waals surface area contributed by atoms with Crippen molar-refractivity contribution in [1.29, 1.82) is 0 Å². The van der Waals surface area contributed by atoms with Crippen LogP contribution in [0.5, 0.6) is 0 Å². The third kappa shape index (κ3) is 10.2. The molecule has 2 aliphatic rings. The van der Waals surface area contributed by atoms with Gasteiger partial charge in [0.15, 0.2) is 0 Å². The average molecular weight is 588 g/mol. The number of amides is 1. The van der Waals surface area contributed by atoms with E-state index in [2.05, 4.69) is 5.32 Å². The molecular weight excluding hydrogens is 552 g/mol. The minimum Gasteiger partial charge on any atom is -0.444 e. The van der Waals surface area contributed by atoms with Crippen molar-refractivity contribution in [1.82, 2.24) is 10.2 Å². The Hall–Kier alpha value is -1.31. The first-order valence-electron chi connectivity index (χ1n) is 11.0. The van der Waals surface area contributed by atoms with Crippen LogP contribution in [0.1, 0.15) is 39.3 Å². The van der Waals surface area contributed by atoms with Crippen molar-refractivity contribution in [2.45, 2.75) is 71.1 Å². The van der Waals surface area contributed by atoms with Crippen LogP contribution in [0.2, 0.25) is 10.0 Å². The van der Waals surface area contributed by atoms with Gasteiger partial charge in [0.2, 0.25) is 0 Å². The van der Waals surface area contributed by atoms with Crippen LogP contribution in [-0.4, -0.2) is 54.1 Å². The van der Waals surface area contributed by atoms with E-state index in [4.69, 9.17) is 27.9 Å². The monoisotopic (exact) mass is 586 g/mol. The fourth-order valence-corrected chi connectivity index (χ4v) is 3.83. The van der Waals surface area contributed by atoms with Crippen LogP contribution in [0.25, 0.3) is 0 Å². The molecule has 0 saturated carbocycles. The molecule has 4 atom stereocenters. The standard InChI is InChI=1S/C15H19ClFNO2.C10H11ClFN.CH4.2ClH/c1-15(2,3)20-14(19)18-9-12(17)13(18)8-10-4-6-11(16)7-5-10;11-8-3-1-7(2-4-8)5-10-9(12)6-13-10;;;/h4-7,12-13H,8-9H2,1-3H3;1-4,9-10,13H,5-6H2;1H4;2*1H/t12-,13?;9-,10?;;;/m11.../s1. The molecular formula is C26H36Cl4F2N2O2. The highest BCUT2D eigenvalue weighted by molar-refractivity contribution is 6.30. The van der Waals surface area contributed by atoms with Crippen molar-refractivity contribution in [3.8, 4) is 0 Å². The molecule has 1 N–H and O–H groups in total. The molecule has 0 spiro atoms. The number of benzene rings is 2. The molecule has 1 amide bonds. The number of rotatable bonds is 4. The Labute approximate surface area is 235 Å². The molecule has 0 bridgehead atoms. The van der Waals surface area contributed by atoms with Crippen LogP contribution in [0.4, 0.5) is 13.6 Å². The van der Waals surface area contributed by atoms with Crippen molar-refractivity contribution >= 4 is 54.1 Å². The van der Waals surface area contributed by atoms with Gasteiger partial charge in [-0.15, -0.1) is 24.8 Å². The predicted molar refractivity (Wildman–Crippen MR) is 150 cm³/mol. The maximum absolute atomic E-state index is 13.7. The van der Waals surface area contributed by atoms with Crippen LogP contribution in [0.3, 0.4) is 0 Å². The van der Waals surface area contributed by atoms with E-state index in [9.17, 15) is 13.6 Å². The molecule has 10 heteroatoms. The van der Waals surface area contributed by atoms with Gasteiger partial charge in [0.05, 0.1) is 12.6 Å². The number of alkyl halides is 2. The number of carbonyl (C=O) groups excluding carboxylic acids is 1. The summed E-state index contributed by atoms with van der Waals surface area (Å²) in [4.78, 5) is 13.4. The number of carbonyl (C=O) groups is 1. The third-order valence-corrected chi connectivity index (χ3v) is 6.06. The summed E-state index contributed by atoms with van der Waals surface area (Å²) in [7, 11) is 0. The van der Waals surface area contributed by atoms with Crippen LogP contribution in [-0.2, 0) is 17.6 Å². The number of likely N-dealkylation sites (tertiary alicyclic amines) is 1. The second-order valence-electron chi connectivity index (χ2n) is 9.41. The summed E-state index contributed by atoms with van der Waals surface area (Å²) >= 11 is 11.6. The summed E-state index contributed by atoms with van der Waals surface area (Å²) in [6.07, 6.45) is -0.921. The summed E-state index contributed by atoms with van der Waals surface area (Å²) in [6, 6.07) is 14.3. The Kier molecular flexibility index (Phi) is 14.6. The van der Waals surface area contributed by atoms with Gasteiger partial charge in [-0.3, -0.25) is 4.90 Å². The first-order valence-corrected chi connectivity index (χ1v) is 11.8. The molecule has 2 heterocycles. The zero-order valence-electron chi connectivity index (χ0n) is 19.8. The van der Waals surface area contributed by atoms with E-state index in [1.54, 1.807) is 32.9 Å². The van der Waals surface area contributed by atoms with Gasteiger partial charge in [-0.25, -0.2) is 13.6 Å². The minimum absolute atomic E-state index is 0. The fraction of sp³-hybridized carbons (Fsp3) is 0.500. The Balaban J connectivity index is 0.000000672. The van der Waals surface area contributed by atoms with Crippen LogP contribution in [0, 0.1) is 0 Å². The second kappa shape index (κ2) is 15.2. The molecule has 0 aliphatic carbocycles. The molecule has 4 rings (SSSR count). The summed E-state index contributed by atoms with van der Waals surface area (Å²) in [5.41, 5.74) is 1.52.